The molecule has 1 heterocycles. The van der Waals surface area contributed by atoms with E-state index in [1.165, 1.54) is 0 Å². The van der Waals surface area contributed by atoms with E-state index in [2.05, 4.69) is 18.2 Å². The molecule has 0 saturated carbocycles. The summed E-state index contributed by atoms with van der Waals surface area (Å²) in [6, 6.07) is 11.4. The van der Waals surface area contributed by atoms with Gasteiger partial charge in [-0.25, -0.2) is 0 Å². The van der Waals surface area contributed by atoms with Crippen molar-refractivity contribution in [1.82, 2.24) is 0 Å². The molecule has 1 aromatic rings. The first-order valence-electron chi connectivity index (χ1n) is 7.46. The van der Waals surface area contributed by atoms with Gasteiger partial charge in [0.25, 0.3) is 0 Å². The van der Waals surface area contributed by atoms with Crippen LogP contribution in [0.25, 0.3) is 0 Å². The highest BCUT2D eigenvalue weighted by Gasteiger charge is 2.54. The zero-order valence-electron chi connectivity index (χ0n) is 13.0. The Balaban J connectivity index is 2.38. The molecule has 7 heteroatoms. The fourth-order valence-corrected chi connectivity index (χ4v) is 5.07. The Bertz CT molecular complexity index is 916. The van der Waals surface area contributed by atoms with E-state index in [0.29, 0.717) is 21.4 Å². The lowest BCUT2D eigenvalue weighted by Gasteiger charge is -2.43. The zero-order valence-corrected chi connectivity index (χ0v) is 15.3. The quantitative estimate of drug-likeness (QED) is 0.781. The van der Waals surface area contributed by atoms with Crippen molar-refractivity contribution < 1.29 is 0 Å². The first kappa shape index (κ1) is 17.7. The second-order valence-electron chi connectivity index (χ2n) is 5.86. The van der Waals surface area contributed by atoms with Crippen molar-refractivity contribution in [2.24, 2.45) is 17.1 Å². The Labute approximate surface area is 160 Å². The fourth-order valence-electron chi connectivity index (χ4n) is 3.59. The summed E-state index contributed by atoms with van der Waals surface area (Å²) in [4.78, 5) is 0. The summed E-state index contributed by atoms with van der Waals surface area (Å²) in [7, 11) is 0. The number of hydrogen-bond acceptors (Lipinski definition) is 5. The number of nitrogens with zero attached hydrogens (tertiary/aromatic N) is 3. The number of benzene rings is 1. The zero-order chi connectivity index (χ0) is 18.2. The van der Waals surface area contributed by atoms with E-state index in [4.69, 9.17) is 28.9 Å². The number of nitriles is 3. The smallest absolute Gasteiger partial charge is 0.191 e. The summed E-state index contributed by atoms with van der Waals surface area (Å²) in [5.74, 6) is 0.621. The molecule has 1 aliphatic carbocycles. The number of hydrogen-bond donors (Lipinski definition) is 1. The molecule has 0 radical (unpaired) electrons. The third kappa shape index (κ3) is 2.50. The molecule has 1 aliphatic heterocycles. The molecule has 1 aromatic carbocycles. The number of allylic oxidation sites excluding steroid dienone is 3. The van der Waals surface area contributed by atoms with Crippen LogP contribution in [0, 0.1) is 45.3 Å². The molecule has 0 saturated heterocycles. The summed E-state index contributed by atoms with van der Waals surface area (Å²) < 4.78 is 0. The Kier molecular flexibility index (Phi) is 4.72. The average Bonchev–Trinajstić information content (AvgIpc) is 2.64. The van der Waals surface area contributed by atoms with Crippen LogP contribution in [-0.4, -0.2) is 11.5 Å². The molecule has 2 aliphatic rings. The molecule has 124 valence electrons. The maximum Gasteiger partial charge on any atom is 0.191 e. The number of halogens is 2. The van der Waals surface area contributed by atoms with Crippen LogP contribution in [0.2, 0.25) is 10.0 Å². The lowest BCUT2D eigenvalue weighted by molar-refractivity contribution is 0.368. The summed E-state index contributed by atoms with van der Waals surface area (Å²) in [5, 5.41) is 30.1. The Morgan fingerprint density at radius 1 is 1.20 bits per heavy atom. The lowest BCUT2D eigenvalue weighted by Crippen LogP contribution is -2.43. The largest absolute Gasteiger partial charge is 0.399 e. The fraction of sp³-hybridized carbons (Fsp3) is 0.278. The summed E-state index contributed by atoms with van der Waals surface area (Å²) in [6.45, 7) is 0. The third-order valence-electron chi connectivity index (χ3n) is 4.75. The van der Waals surface area contributed by atoms with E-state index in [1.54, 1.807) is 30.0 Å². The van der Waals surface area contributed by atoms with Crippen LogP contribution in [0.3, 0.4) is 0 Å². The van der Waals surface area contributed by atoms with E-state index in [-0.39, 0.29) is 17.2 Å². The minimum Gasteiger partial charge on any atom is -0.399 e. The Morgan fingerprint density at radius 3 is 2.56 bits per heavy atom. The number of fused-ring (bicyclic) bond motifs is 1. The predicted octanol–water partition coefficient (Wildman–Crippen LogP) is 4.15. The average molecular weight is 387 g/mol. The van der Waals surface area contributed by atoms with Crippen molar-refractivity contribution in [2.75, 3.05) is 11.5 Å². The third-order valence-corrected chi connectivity index (χ3v) is 6.58. The van der Waals surface area contributed by atoms with Crippen LogP contribution in [0.15, 0.2) is 41.1 Å². The normalized spacial score (nSPS) is 24.4. The maximum atomic E-state index is 9.91. The highest BCUT2D eigenvalue weighted by atomic mass is 35.5. The standard InChI is InChI=1S/C18H12Cl2N4S/c19-14-3-1-2-11(16(14)20)15-13-7-25-5-4-10(13)12(6-21)17(24)18(15,8-22)9-23/h1-4,13,15H,5,7,24H2/t13-,15+/m1/s1. The molecule has 0 unspecified atom stereocenters. The van der Waals surface area contributed by atoms with E-state index in [9.17, 15) is 15.8 Å². The van der Waals surface area contributed by atoms with Crippen LogP contribution in [-0.2, 0) is 0 Å². The number of thioether (sulfide) groups is 1. The highest BCUT2D eigenvalue weighted by molar-refractivity contribution is 7.99. The SMILES string of the molecule is N#CC1=C(N)C(C#N)(C#N)[C@@H](c2cccc(Cl)c2Cl)[C@@H]2CSCC=C12. The van der Waals surface area contributed by atoms with Gasteiger partial charge < -0.3 is 5.73 Å². The van der Waals surface area contributed by atoms with E-state index in [1.807, 2.05) is 6.08 Å². The molecule has 3 rings (SSSR count). The van der Waals surface area contributed by atoms with Crippen molar-refractivity contribution in [1.29, 1.82) is 15.8 Å². The van der Waals surface area contributed by atoms with Crippen molar-refractivity contribution in [3.8, 4) is 18.2 Å². The van der Waals surface area contributed by atoms with E-state index in [0.717, 1.165) is 11.3 Å². The maximum absolute atomic E-state index is 9.91. The first-order valence-corrected chi connectivity index (χ1v) is 9.37. The van der Waals surface area contributed by atoms with Crippen molar-refractivity contribution >= 4 is 35.0 Å². The molecular weight excluding hydrogens is 375 g/mol. The highest BCUT2D eigenvalue weighted by Crippen LogP contribution is 2.56. The van der Waals surface area contributed by atoms with Gasteiger partial charge in [0.2, 0.25) is 0 Å². The van der Waals surface area contributed by atoms with Crippen LogP contribution in [0.4, 0.5) is 0 Å². The van der Waals surface area contributed by atoms with Crippen LogP contribution < -0.4 is 5.73 Å². The molecule has 0 spiro atoms. The van der Waals surface area contributed by atoms with Crippen molar-refractivity contribution in [3.05, 3.63) is 56.7 Å². The summed E-state index contributed by atoms with van der Waals surface area (Å²) in [5.41, 5.74) is 6.17. The molecular formula is C18H12Cl2N4S. The summed E-state index contributed by atoms with van der Waals surface area (Å²) in [6.07, 6.45) is 1.95. The predicted molar refractivity (Wildman–Crippen MR) is 98.6 cm³/mol. The second-order valence-corrected chi connectivity index (χ2v) is 7.72. The molecule has 0 fully saturated rings. The van der Waals surface area contributed by atoms with Gasteiger partial charge in [0.1, 0.15) is 6.07 Å². The molecule has 2 atom stereocenters. The Morgan fingerprint density at radius 2 is 1.92 bits per heavy atom. The van der Waals surface area contributed by atoms with Gasteiger partial charge in [-0.1, -0.05) is 41.4 Å². The molecule has 0 amide bonds. The van der Waals surface area contributed by atoms with Crippen molar-refractivity contribution in [2.45, 2.75) is 5.92 Å². The molecule has 0 aromatic heterocycles. The second kappa shape index (κ2) is 6.66. The van der Waals surface area contributed by atoms with Gasteiger partial charge in [0.05, 0.1) is 33.5 Å². The van der Waals surface area contributed by atoms with Gasteiger partial charge in [0.15, 0.2) is 5.41 Å². The van der Waals surface area contributed by atoms with Gasteiger partial charge >= 0.3 is 0 Å². The van der Waals surface area contributed by atoms with E-state index >= 15 is 0 Å². The first-order chi connectivity index (χ1) is 12.0. The summed E-state index contributed by atoms with van der Waals surface area (Å²) >= 11 is 14.3. The molecule has 4 nitrogen and oxygen atoms in total. The minimum atomic E-state index is -1.67. The van der Waals surface area contributed by atoms with Crippen LogP contribution in [0.1, 0.15) is 11.5 Å². The molecule has 2 N–H and O–H groups in total. The molecule has 0 bridgehead atoms. The van der Waals surface area contributed by atoms with Gasteiger partial charge in [-0.2, -0.15) is 27.5 Å². The van der Waals surface area contributed by atoms with Crippen molar-refractivity contribution in [3.63, 3.8) is 0 Å². The number of nitrogens with two attached hydrogens (primary N) is 1. The van der Waals surface area contributed by atoms with Gasteiger partial charge in [-0.05, 0) is 17.2 Å². The van der Waals surface area contributed by atoms with E-state index < -0.39 is 11.3 Å². The van der Waals surface area contributed by atoms with Gasteiger partial charge in [-0.3, -0.25) is 0 Å². The topological polar surface area (TPSA) is 97.4 Å². The van der Waals surface area contributed by atoms with Crippen LogP contribution in [0.5, 0.6) is 0 Å². The monoisotopic (exact) mass is 386 g/mol. The lowest BCUT2D eigenvalue weighted by atomic mass is 9.59. The van der Waals surface area contributed by atoms with Gasteiger partial charge in [-0.15, -0.1) is 0 Å². The van der Waals surface area contributed by atoms with Gasteiger partial charge in [0, 0.05) is 23.3 Å². The minimum absolute atomic E-state index is 0.00422. The number of rotatable bonds is 1. The molecule has 25 heavy (non-hydrogen) atoms. The Hall–Kier alpha value is -2.10. The van der Waals surface area contributed by atoms with Crippen LogP contribution >= 0.6 is 35.0 Å².